The lowest BCUT2D eigenvalue weighted by molar-refractivity contribution is -0.385. The number of carbonyl (C=O) groups is 3. The highest BCUT2D eigenvalue weighted by molar-refractivity contribution is 6.39. The smallest absolute Gasteiger partial charge is 0.416 e. The molecule has 0 spiro atoms. The maximum Gasteiger partial charge on any atom is 0.416 e. The van der Waals surface area contributed by atoms with E-state index >= 15 is 0 Å². The number of urea groups is 1. The summed E-state index contributed by atoms with van der Waals surface area (Å²) in [5.41, 5.74) is -2.61. The number of nitrogens with zero attached hydrogens (tertiary/aromatic N) is 3. The highest BCUT2D eigenvalue weighted by Gasteiger charge is 2.37. The lowest BCUT2D eigenvalue weighted by Crippen LogP contribution is -2.54. The van der Waals surface area contributed by atoms with E-state index in [0.717, 1.165) is 36.4 Å². The SMILES string of the molecule is O=C1NC(=O)N(c2ccc([N+](=O)[O-])cc2)C(=O)/C1=C/c1ccc(Oc2ccc(C(F)(F)F)cc2[N+](=O)[O-])cc1. The molecule has 1 fully saturated rings. The maximum atomic E-state index is 13.0. The van der Waals surface area contributed by atoms with Crippen molar-refractivity contribution < 1.29 is 42.1 Å². The number of nitrogens with one attached hydrogen (secondary N) is 1. The summed E-state index contributed by atoms with van der Waals surface area (Å²) in [6.07, 6.45) is -3.65. The van der Waals surface area contributed by atoms with Crippen molar-refractivity contribution in [3.63, 3.8) is 0 Å². The van der Waals surface area contributed by atoms with Gasteiger partial charge in [0.25, 0.3) is 17.5 Å². The molecule has 0 atom stereocenters. The maximum absolute atomic E-state index is 13.0. The fourth-order valence-electron chi connectivity index (χ4n) is 3.46. The molecule has 1 N–H and O–H groups in total. The molecule has 1 heterocycles. The van der Waals surface area contributed by atoms with E-state index in [9.17, 15) is 47.8 Å². The normalized spacial score (nSPS) is 14.8. The number of barbiturate groups is 1. The van der Waals surface area contributed by atoms with E-state index in [0.29, 0.717) is 17.0 Å². The summed E-state index contributed by atoms with van der Waals surface area (Å²) in [6.45, 7) is 0. The second kappa shape index (κ2) is 10.0. The fourth-order valence-corrected chi connectivity index (χ4v) is 3.46. The van der Waals surface area contributed by atoms with E-state index in [1.54, 1.807) is 0 Å². The van der Waals surface area contributed by atoms with Gasteiger partial charge < -0.3 is 4.74 Å². The number of ether oxygens (including phenoxy) is 1. The van der Waals surface area contributed by atoms with Crippen LogP contribution in [0, 0.1) is 20.2 Å². The summed E-state index contributed by atoms with van der Waals surface area (Å²) in [4.78, 5) is 58.6. The monoisotopic (exact) mass is 542 g/mol. The number of imide groups is 2. The van der Waals surface area contributed by atoms with Crippen molar-refractivity contribution in [1.82, 2.24) is 5.32 Å². The van der Waals surface area contributed by atoms with Gasteiger partial charge in [0, 0.05) is 18.2 Å². The summed E-state index contributed by atoms with van der Waals surface area (Å²) < 4.78 is 44.1. The third-order valence-corrected chi connectivity index (χ3v) is 5.32. The number of amides is 4. The molecule has 3 aromatic rings. The Morgan fingerprint density at radius 1 is 0.872 bits per heavy atom. The van der Waals surface area contributed by atoms with E-state index in [2.05, 4.69) is 0 Å². The minimum Gasteiger partial charge on any atom is -0.450 e. The predicted octanol–water partition coefficient (Wildman–Crippen LogP) is 4.98. The van der Waals surface area contributed by atoms with Gasteiger partial charge in [-0.1, -0.05) is 12.1 Å². The first-order valence-corrected chi connectivity index (χ1v) is 10.6. The molecule has 0 radical (unpaired) electrons. The van der Waals surface area contributed by atoms with Gasteiger partial charge in [0.05, 0.1) is 21.1 Å². The van der Waals surface area contributed by atoms with Gasteiger partial charge >= 0.3 is 17.9 Å². The highest BCUT2D eigenvalue weighted by atomic mass is 19.4. The number of halogens is 3. The molecule has 12 nitrogen and oxygen atoms in total. The van der Waals surface area contributed by atoms with Crippen LogP contribution in [0.1, 0.15) is 11.1 Å². The number of rotatable bonds is 6. The van der Waals surface area contributed by atoms with Gasteiger partial charge in [0.1, 0.15) is 11.3 Å². The van der Waals surface area contributed by atoms with E-state index in [1.807, 2.05) is 5.32 Å². The minimum atomic E-state index is -4.79. The van der Waals surface area contributed by atoms with Crippen LogP contribution >= 0.6 is 0 Å². The summed E-state index contributed by atoms with van der Waals surface area (Å²) in [6, 6.07) is 10.5. The van der Waals surface area contributed by atoms with Gasteiger partial charge in [0.15, 0.2) is 0 Å². The summed E-state index contributed by atoms with van der Waals surface area (Å²) >= 11 is 0. The molecule has 3 aromatic carbocycles. The van der Waals surface area contributed by atoms with Crippen LogP contribution in [-0.2, 0) is 15.8 Å². The average molecular weight is 542 g/mol. The van der Waals surface area contributed by atoms with Crippen molar-refractivity contribution in [3.05, 3.63) is 104 Å². The van der Waals surface area contributed by atoms with Crippen LogP contribution in [0.4, 0.5) is 35.0 Å². The third kappa shape index (κ3) is 5.56. The number of hydrogen-bond donors (Lipinski definition) is 1. The number of carbonyl (C=O) groups excluding carboxylic acids is 3. The van der Waals surface area contributed by atoms with E-state index in [1.165, 1.54) is 24.3 Å². The Hall–Kier alpha value is -5.60. The van der Waals surface area contributed by atoms with Crippen LogP contribution in [0.3, 0.4) is 0 Å². The first-order valence-electron chi connectivity index (χ1n) is 10.6. The highest BCUT2D eigenvalue weighted by Crippen LogP contribution is 2.38. The molecule has 198 valence electrons. The minimum absolute atomic E-state index is 0.00196. The Balaban J connectivity index is 1.58. The van der Waals surface area contributed by atoms with Gasteiger partial charge in [-0.15, -0.1) is 0 Å². The molecule has 1 saturated heterocycles. The molecule has 0 aliphatic carbocycles. The van der Waals surface area contributed by atoms with Crippen LogP contribution in [0.25, 0.3) is 6.08 Å². The Morgan fingerprint density at radius 2 is 1.51 bits per heavy atom. The standard InChI is InChI=1S/C24H13F3N4O8/c25-24(26,27)14-3-10-20(19(12-14)31(37)38)39-17-8-1-13(2-9-17)11-18-21(32)28-23(34)29(22(18)33)15-4-6-16(7-5-15)30(35)36/h1-12H,(H,28,32,34)/b18-11+. The second-order valence-electron chi connectivity index (χ2n) is 7.84. The number of nitro groups is 2. The first-order chi connectivity index (χ1) is 18.3. The van der Waals surface area contributed by atoms with Gasteiger partial charge in [-0.3, -0.25) is 35.1 Å². The van der Waals surface area contributed by atoms with Crippen molar-refractivity contribution in [1.29, 1.82) is 0 Å². The van der Waals surface area contributed by atoms with Crippen molar-refractivity contribution in [3.8, 4) is 11.5 Å². The van der Waals surface area contributed by atoms with E-state index in [-0.39, 0.29) is 22.7 Å². The first kappa shape index (κ1) is 26.5. The molecule has 1 aliphatic rings. The number of nitro benzene ring substituents is 2. The lowest BCUT2D eigenvalue weighted by atomic mass is 10.1. The van der Waals surface area contributed by atoms with Gasteiger partial charge in [-0.05, 0) is 48.0 Å². The number of anilines is 1. The molecular weight excluding hydrogens is 529 g/mol. The predicted molar refractivity (Wildman–Crippen MR) is 127 cm³/mol. The van der Waals surface area contributed by atoms with Gasteiger partial charge in [-0.25, -0.2) is 9.69 Å². The number of non-ortho nitro benzene ring substituents is 1. The molecule has 0 bridgehead atoms. The zero-order valence-corrected chi connectivity index (χ0v) is 19.2. The zero-order valence-electron chi connectivity index (χ0n) is 19.2. The van der Waals surface area contributed by atoms with Gasteiger partial charge in [0.2, 0.25) is 5.75 Å². The Bertz CT molecular complexity index is 1550. The lowest BCUT2D eigenvalue weighted by Gasteiger charge is -2.26. The Morgan fingerprint density at radius 3 is 2.08 bits per heavy atom. The fraction of sp³-hybridized carbons (Fsp3) is 0.0417. The Labute approximate surface area is 215 Å². The number of benzene rings is 3. The third-order valence-electron chi connectivity index (χ3n) is 5.32. The molecule has 0 saturated carbocycles. The number of hydrogen-bond acceptors (Lipinski definition) is 8. The average Bonchev–Trinajstić information content (AvgIpc) is 2.87. The molecule has 0 unspecified atom stereocenters. The second-order valence-corrected chi connectivity index (χ2v) is 7.84. The van der Waals surface area contributed by atoms with Crippen LogP contribution in [0.15, 0.2) is 72.3 Å². The summed E-state index contributed by atoms with van der Waals surface area (Å²) in [7, 11) is 0. The van der Waals surface area contributed by atoms with Crippen molar-refractivity contribution in [2.75, 3.05) is 4.90 Å². The van der Waals surface area contributed by atoms with Crippen LogP contribution in [0.5, 0.6) is 11.5 Å². The van der Waals surface area contributed by atoms with Crippen LogP contribution < -0.4 is 15.0 Å². The van der Waals surface area contributed by atoms with Crippen molar-refractivity contribution in [2.24, 2.45) is 0 Å². The Kier molecular flexibility index (Phi) is 6.81. The molecule has 4 amide bonds. The molecule has 15 heteroatoms. The van der Waals surface area contributed by atoms with Crippen molar-refractivity contribution >= 4 is 41.0 Å². The number of alkyl halides is 3. The van der Waals surface area contributed by atoms with Crippen LogP contribution in [-0.4, -0.2) is 27.7 Å². The quantitative estimate of drug-likeness (QED) is 0.197. The van der Waals surface area contributed by atoms with E-state index < -0.39 is 56.4 Å². The van der Waals surface area contributed by atoms with E-state index in [4.69, 9.17) is 4.74 Å². The molecule has 0 aromatic heterocycles. The van der Waals surface area contributed by atoms with Gasteiger partial charge in [-0.2, -0.15) is 13.2 Å². The summed E-state index contributed by atoms with van der Waals surface area (Å²) in [5, 5.41) is 24.1. The molecular formula is C24H13F3N4O8. The zero-order chi connectivity index (χ0) is 28.5. The van der Waals surface area contributed by atoms with Crippen LogP contribution in [0.2, 0.25) is 0 Å². The molecule has 1 aliphatic heterocycles. The largest absolute Gasteiger partial charge is 0.450 e. The van der Waals surface area contributed by atoms with Crippen molar-refractivity contribution in [2.45, 2.75) is 6.18 Å². The summed E-state index contributed by atoms with van der Waals surface area (Å²) in [5.74, 6) is -2.44. The molecule has 4 rings (SSSR count). The molecule has 39 heavy (non-hydrogen) atoms. The topological polar surface area (TPSA) is 162 Å².